The van der Waals surface area contributed by atoms with Gasteiger partial charge in [-0.2, -0.15) is 0 Å². The van der Waals surface area contributed by atoms with Crippen LogP contribution in [0.3, 0.4) is 0 Å². The average molecular weight is 574 g/mol. The van der Waals surface area contributed by atoms with Crippen LogP contribution in [0.15, 0.2) is 106 Å². The molecule has 0 aliphatic carbocycles. The van der Waals surface area contributed by atoms with Crippen LogP contribution in [0.25, 0.3) is 21.9 Å². The second-order valence-corrected chi connectivity index (χ2v) is 10.4. The first kappa shape index (κ1) is 27.7. The molecular formula is C35H31N3O5. The van der Waals surface area contributed by atoms with E-state index in [2.05, 4.69) is 15.6 Å². The summed E-state index contributed by atoms with van der Waals surface area (Å²) in [6, 6.07) is 29.5. The lowest BCUT2D eigenvalue weighted by Gasteiger charge is -2.20. The SMILES string of the molecule is COc1ccccc1NC(=O)NCCc1c(C(c2ccc(C)cc2)c2c(O)c3ccccc3oc2=O)[nH]c2ccccc12. The first-order valence-corrected chi connectivity index (χ1v) is 14.0. The van der Waals surface area contributed by atoms with Crippen molar-refractivity contribution in [3.8, 4) is 11.5 Å². The van der Waals surface area contributed by atoms with Gasteiger partial charge in [0.05, 0.1) is 29.7 Å². The topological polar surface area (TPSA) is 117 Å². The molecule has 0 bridgehead atoms. The van der Waals surface area contributed by atoms with Crippen molar-refractivity contribution in [2.24, 2.45) is 0 Å². The van der Waals surface area contributed by atoms with Gasteiger partial charge in [-0.1, -0.05) is 72.3 Å². The van der Waals surface area contributed by atoms with Gasteiger partial charge in [-0.05, 0) is 54.8 Å². The smallest absolute Gasteiger partial charge is 0.344 e. The zero-order valence-corrected chi connectivity index (χ0v) is 23.8. The molecule has 0 aliphatic rings. The van der Waals surface area contributed by atoms with Gasteiger partial charge >= 0.3 is 11.7 Å². The number of para-hydroxylation sites is 4. The monoisotopic (exact) mass is 573 g/mol. The summed E-state index contributed by atoms with van der Waals surface area (Å²) < 4.78 is 11.1. The molecule has 0 spiro atoms. The number of nitrogens with one attached hydrogen (secondary N) is 3. The Balaban J connectivity index is 1.41. The molecule has 6 aromatic rings. The molecule has 216 valence electrons. The number of methoxy groups -OCH3 is 1. The number of hydrogen-bond donors (Lipinski definition) is 4. The number of fused-ring (bicyclic) bond motifs is 2. The van der Waals surface area contributed by atoms with Crippen molar-refractivity contribution in [1.29, 1.82) is 0 Å². The van der Waals surface area contributed by atoms with Gasteiger partial charge in [0.2, 0.25) is 0 Å². The van der Waals surface area contributed by atoms with Crippen molar-refractivity contribution in [2.45, 2.75) is 19.3 Å². The van der Waals surface area contributed by atoms with Crippen molar-refractivity contribution in [2.75, 3.05) is 19.0 Å². The zero-order valence-electron chi connectivity index (χ0n) is 23.8. The minimum Gasteiger partial charge on any atom is -0.507 e. The van der Waals surface area contributed by atoms with Gasteiger partial charge in [0.25, 0.3) is 0 Å². The summed E-state index contributed by atoms with van der Waals surface area (Å²) in [7, 11) is 1.55. The Morgan fingerprint density at radius 3 is 2.42 bits per heavy atom. The van der Waals surface area contributed by atoms with E-state index >= 15 is 0 Å². The van der Waals surface area contributed by atoms with Crippen LogP contribution in [0.1, 0.15) is 33.9 Å². The highest BCUT2D eigenvalue weighted by Crippen LogP contribution is 2.41. The van der Waals surface area contributed by atoms with Crippen LogP contribution in [-0.4, -0.2) is 29.8 Å². The number of rotatable bonds is 8. The van der Waals surface area contributed by atoms with Gasteiger partial charge in [-0.15, -0.1) is 0 Å². The fraction of sp³-hybridized carbons (Fsp3) is 0.143. The number of urea groups is 1. The molecule has 0 saturated carbocycles. The number of aromatic hydroxyl groups is 1. The standard InChI is InChI=1S/C35H31N3O5/c1-21-15-17-22(18-16-21)30(31-33(39)25-10-4-7-13-28(25)43-34(31)40)32-24(23-9-3-5-11-26(23)37-32)19-20-36-35(41)38-27-12-6-8-14-29(27)42-2/h3-18,30,37,39H,19-20H2,1-2H3,(H2,36,38,41). The molecule has 0 saturated heterocycles. The molecule has 2 amide bonds. The van der Waals surface area contributed by atoms with E-state index in [0.717, 1.165) is 33.3 Å². The highest BCUT2D eigenvalue weighted by molar-refractivity contribution is 5.91. The number of aromatic amines is 1. The first-order chi connectivity index (χ1) is 20.9. The molecule has 1 atom stereocenters. The van der Waals surface area contributed by atoms with Gasteiger partial charge in [0.1, 0.15) is 17.1 Å². The number of carbonyl (C=O) groups is 1. The number of ether oxygens (including phenoxy) is 1. The minimum atomic E-state index is -0.661. The molecule has 4 aromatic carbocycles. The van der Waals surface area contributed by atoms with Gasteiger partial charge < -0.3 is 29.9 Å². The highest BCUT2D eigenvalue weighted by atomic mass is 16.5. The van der Waals surface area contributed by atoms with Gasteiger partial charge in [0, 0.05) is 23.1 Å². The Kier molecular flexibility index (Phi) is 7.57. The predicted octanol–water partition coefficient (Wildman–Crippen LogP) is 6.84. The van der Waals surface area contributed by atoms with Gasteiger partial charge in [-0.3, -0.25) is 0 Å². The van der Waals surface area contributed by atoms with Crippen LogP contribution < -0.4 is 21.0 Å². The molecule has 43 heavy (non-hydrogen) atoms. The quantitative estimate of drug-likeness (QED) is 0.149. The number of hydrogen-bond acceptors (Lipinski definition) is 5. The Hall–Kier alpha value is -5.50. The van der Waals surface area contributed by atoms with Crippen molar-refractivity contribution in [3.05, 3.63) is 135 Å². The summed E-state index contributed by atoms with van der Waals surface area (Å²) in [6.45, 7) is 2.31. The number of carbonyl (C=O) groups excluding carboxylic acids is 1. The molecule has 1 unspecified atom stereocenters. The lowest BCUT2D eigenvalue weighted by Crippen LogP contribution is -2.30. The van der Waals surface area contributed by atoms with Crippen LogP contribution in [0.2, 0.25) is 0 Å². The number of benzene rings is 4. The third-order valence-corrected chi connectivity index (χ3v) is 7.67. The number of aryl methyl sites for hydroxylation is 1. The maximum absolute atomic E-state index is 13.5. The molecular weight excluding hydrogens is 542 g/mol. The van der Waals surface area contributed by atoms with Crippen LogP contribution >= 0.6 is 0 Å². The predicted molar refractivity (Wildman–Crippen MR) is 168 cm³/mol. The van der Waals surface area contributed by atoms with E-state index in [-0.39, 0.29) is 17.3 Å². The summed E-state index contributed by atoms with van der Waals surface area (Å²) in [5, 5.41) is 18.7. The molecule has 0 fully saturated rings. The van der Waals surface area contributed by atoms with E-state index in [0.29, 0.717) is 35.4 Å². The molecule has 8 heteroatoms. The molecule has 8 nitrogen and oxygen atoms in total. The number of H-pyrrole nitrogens is 1. The Labute approximate surface area is 248 Å². The van der Waals surface area contributed by atoms with E-state index in [1.54, 1.807) is 43.5 Å². The molecule has 2 aromatic heterocycles. The number of aromatic nitrogens is 1. The van der Waals surface area contributed by atoms with Crippen molar-refractivity contribution in [1.82, 2.24) is 10.3 Å². The second kappa shape index (κ2) is 11.8. The van der Waals surface area contributed by atoms with E-state index in [1.165, 1.54) is 0 Å². The van der Waals surface area contributed by atoms with Crippen LogP contribution in [-0.2, 0) is 6.42 Å². The molecule has 0 radical (unpaired) electrons. The lowest BCUT2D eigenvalue weighted by atomic mass is 9.85. The summed E-state index contributed by atoms with van der Waals surface area (Å²) in [5.74, 6) is -0.214. The maximum Gasteiger partial charge on any atom is 0.344 e. The highest BCUT2D eigenvalue weighted by Gasteiger charge is 2.30. The fourth-order valence-electron chi connectivity index (χ4n) is 5.59. The summed E-state index contributed by atoms with van der Waals surface area (Å²) in [4.78, 5) is 29.9. The zero-order chi connectivity index (χ0) is 29.9. The molecule has 6 rings (SSSR count). The van der Waals surface area contributed by atoms with Gasteiger partial charge in [0.15, 0.2) is 0 Å². The fourth-order valence-corrected chi connectivity index (χ4v) is 5.59. The number of anilines is 1. The Bertz CT molecular complexity index is 1990. The van der Waals surface area contributed by atoms with Crippen molar-refractivity contribution >= 4 is 33.6 Å². The van der Waals surface area contributed by atoms with E-state index in [1.807, 2.05) is 67.6 Å². The average Bonchev–Trinajstić information content (AvgIpc) is 3.38. The molecule has 2 heterocycles. The molecule has 4 N–H and O–H groups in total. The molecule has 0 aliphatic heterocycles. The van der Waals surface area contributed by atoms with Gasteiger partial charge in [-0.25, -0.2) is 9.59 Å². The normalized spacial score (nSPS) is 11.9. The van der Waals surface area contributed by atoms with E-state index in [4.69, 9.17) is 9.15 Å². The van der Waals surface area contributed by atoms with E-state index in [9.17, 15) is 14.7 Å². The van der Waals surface area contributed by atoms with Crippen LogP contribution in [0, 0.1) is 6.92 Å². The van der Waals surface area contributed by atoms with Crippen LogP contribution in [0.5, 0.6) is 11.5 Å². The van der Waals surface area contributed by atoms with Crippen LogP contribution in [0.4, 0.5) is 10.5 Å². The minimum absolute atomic E-state index is 0.114. The lowest BCUT2D eigenvalue weighted by molar-refractivity contribution is 0.252. The largest absolute Gasteiger partial charge is 0.507 e. The van der Waals surface area contributed by atoms with E-state index < -0.39 is 11.5 Å². The Morgan fingerprint density at radius 1 is 0.930 bits per heavy atom. The first-order valence-electron chi connectivity index (χ1n) is 14.0. The summed E-state index contributed by atoms with van der Waals surface area (Å²) in [5.41, 5.74) is 4.86. The van der Waals surface area contributed by atoms with Crippen molar-refractivity contribution in [3.63, 3.8) is 0 Å². The summed E-state index contributed by atoms with van der Waals surface area (Å²) in [6.07, 6.45) is 0.459. The van der Waals surface area contributed by atoms with Crippen molar-refractivity contribution < 1.29 is 19.1 Å². The third-order valence-electron chi connectivity index (χ3n) is 7.67. The number of amides is 2. The Morgan fingerprint density at radius 2 is 1.63 bits per heavy atom. The second-order valence-electron chi connectivity index (χ2n) is 10.4. The third kappa shape index (κ3) is 5.42. The maximum atomic E-state index is 13.5. The summed E-state index contributed by atoms with van der Waals surface area (Å²) >= 11 is 0.